The second kappa shape index (κ2) is 7.02. The number of ether oxygens (including phenoxy) is 1. The highest BCUT2D eigenvalue weighted by atomic mass is 16.5. The molecule has 5 nitrogen and oxygen atoms in total. The second-order valence-corrected chi connectivity index (χ2v) is 7.82. The fourth-order valence-corrected chi connectivity index (χ4v) is 2.77. The van der Waals surface area contributed by atoms with E-state index in [1.54, 1.807) is 18.2 Å². The summed E-state index contributed by atoms with van der Waals surface area (Å²) >= 11 is 0. The zero-order valence-electron chi connectivity index (χ0n) is 14.9. The van der Waals surface area contributed by atoms with Gasteiger partial charge in [0.15, 0.2) is 6.61 Å². The molecule has 0 saturated heterocycles. The van der Waals surface area contributed by atoms with Gasteiger partial charge in [-0.15, -0.1) is 0 Å². The van der Waals surface area contributed by atoms with Gasteiger partial charge >= 0.3 is 5.97 Å². The molecule has 1 rings (SSSR count). The van der Waals surface area contributed by atoms with Crippen LogP contribution >= 0.6 is 0 Å². The monoisotopic (exact) mass is 320 g/mol. The maximum absolute atomic E-state index is 12.0. The first-order chi connectivity index (χ1) is 10.4. The maximum atomic E-state index is 12.0. The summed E-state index contributed by atoms with van der Waals surface area (Å²) in [6.07, 6.45) is 0.814. The van der Waals surface area contributed by atoms with Crippen LogP contribution in [0.15, 0.2) is 18.2 Å². The Labute approximate surface area is 138 Å². The molecule has 5 heteroatoms. The van der Waals surface area contributed by atoms with Crippen molar-refractivity contribution >= 4 is 17.6 Å². The maximum Gasteiger partial charge on any atom is 0.338 e. The molecule has 0 aliphatic rings. The summed E-state index contributed by atoms with van der Waals surface area (Å²) in [5.74, 6) is -0.867. The first kappa shape index (κ1) is 19.0. The van der Waals surface area contributed by atoms with Gasteiger partial charge in [-0.3, -0.25) is 4.79 Å². The summed E-state index contributed by atoms with van der Waals surface area (Å²) in [4.78, 5) is 23.9. The number of nitrogen functional groups attached to an aromatic ring is 1. The Morgan fingerprint density at radius 1 is 1.17 bits per heavy atom. The molecule has 0 aliphatic heterocycles. The van der Waals surface area contributed by atoms with Gasteiger partial charge in [-0.05, 0) is 50.3 Å². The van der Waals surface area contributed by atoms with E-state index in [4.69, 9.17) is 10.5 Å². The fraction of sp³-hybridized carbons (Fsp3) is 0.556. The molecule has 1 amide bonds. The van der Waals surface area contributed by atoms with Crippen LogP contribution in [0.1, 0.15) is 57.0 Å². The molecule has 1 aromatic carbocycles. The van der Waals surface area contributed by atoms with Gasteiger partial charge in [-0.2, -0.15) is 0 Å². The van der Waals surface area contributed by atoms with E-state index in [-0.39, 0.29) is 23.5 Å². The molecule has 0 heterocycles. The summed E-state index contributed by atoms with van der Waals surface area (Å²) in [5.41, 5.74) is 7.25. The van der Waals surface area contributed by atoms with Crippen molar-refractivity contribution in [2.75, 3.05) is 12.3 Å². The molecule has 0 spiro atoms. The summed E-state index contributed by atoms with van der Waals surface area (Å²) in [6, 6.07) is 4.94. The molecule has 0 saturated carbocycles. The molecule has 0 aliphatic carbocycles. The second-order valence-electron chi connectivity index (χ2n) is 7.82. The van der Waals surface area contributed by atoms with Crippen LogP contribution in [0.3, 0.4) is 0 Å². The SMILES string of the molecule is Cc1ccc(C(=O)OCC(=O)NC(C)(C)CC(C)(C)C)cc1N. The molecule has 0 fully saturated rings. The fourth-order valence-electron chi connectivity index (χ4n) is 2.77. The number of rotatable bonds is 5. The average molecular weight is 320 g/mol. The number of carbonyl (C=O) groups is 2. The highest BCUT2D eigenvalue weighted by Gasteiger charge is 2.27. The summed E-state index contributed by atoms with van der Waals surface area (Å²) < 4.78 is 5.05. The topological polar surface area (TPSA) is 81.4 Å². The lowest BCUT2D eigenvalue weighted by Crippen LogP contribution is -2.47. The van der Waals surface area contributed by atoms with Crippen molar-refractivity contribution in [1.29, 1.82) is 0 Å². The van der Waals surface area contributed by atoms with Crippen molar-refractivity contribution in [2.24, 2.45) is 5.41 Å². The minimum Gasteiger partial charge on any atom is -0.452 e. The Morgan fingerprint density at radius 2 is 1.78 bits per heavy atom. The first-order valence-corrected chi connectivity index (χ1v) is 7.74. The molecule has 0 bridgehead atoms. The molecule has 0 radical (unpaired) electrons. The van der Waals surface area contributed by atoms with Crippen molar-refractivity contribution in [1.82, 2.24) is 5.32 Å². The van der Waals surface area contributed by atoms with Gasteiger partial charge in [0.05, 0.1) is 5.56 Å². The van der Waals surface area contributed by atoms with E-state index in [9.17, 15) is 9.59 Å². The Morgan fingerprint density at radius 3 is 2.30 bits per heavy atom. The molecule has 1 aromatic rings. The Hall–Kier alpha value is -2.04. The van der Waals surface area contributed by atoms with Gasteiger partial charge in [0.1, 0.15) is 0 Å². The van der Waals surface area contributed by atoms with Crippen LogP contribution in [-0.2, 0) is 9.53 Å². The van der Waals surface area contributed by atoms with Gasteiger partial charge in [-0.1, -0.05) is 26.8 Å². The zero-order chi connectivity index (χ0) is 17.8. The van der Waals surface area contributed by atoms with Crippen molar-refractivity contribution in [2.45, 2.75) is 53.5 Å². The van der Waals surface area contributed by atoms with Crippen LogP contribution in [0.5, 0.6) is 0 Å². The van der Waals surface area contributed by atoms with Crippen LogP contribution in [0.2, 0.25) is 0 Å². The van der Waals surface area contributed by atoms with Crippen LogP contribution in [0.25, 0.3) is 0 Å². The number of aryl methyl sites for hydroxylation is 1. The van der Waals surface area contributed by atoms with E-state index in [0.29, 0.717) is 11.3 Å². The molecule has 3 N–H and O–H groups in total. The number of hydrogen-bond donors (Lipinski definition) is 2. The smallest absolute Gasteiger partial charge is 0.338 e. The predicted molar refractivity (Wildman–Crippen MR) is 92.2 cm³/mol. The highest BCUT2D eigenvalue weighted by molar-refractivity contribution is 5.92. The largest absolute Gasteiger partial charge is 0.452 e. The van der Waals surface area contributed by atoms with Crippen LogP contribution in [0, 0.1) is 12.3 Å². The number of nitrogens with one attached hydrogen (secondary N) is 1. The van der Waals surface area contributed by atoms with Gasteiger partial charge in [0.2, 0.25) is 0 Å². The van der Waals surface area contributed by atoms with E-state index in [2.05, 4.69) is 26.1 Å². The Balaban J connectivity index is 2.55. The van der Waals surface area contributed by atoms with Crippen LogP contribution in [0.4, 0.5) is 5.69 Å². The highest BCUT2D eigenvalue weighted by Crippen LogP contribution is 2.26. The van der Waals surface area contributed by atoms with E-state index in [1.165, 1.54) is 0 Å². The number of nitrogens with two attached hydrogens (primary N) is 1. The third-order valence-electron chi connectivity index (χ3n) is 3.30. The first-order valence-electron chi connectivity index (χ1n) is 7.74. The third kappa shape index (κ3) is 6.72. The molecule has 23 heavy (non-hydrogen) atoms. The summed E-state index contributed by atoms with van der Waals surface area (Å²) in [7, 11) is 0. The number of carbonyl (C=O) groups excluding carboxylic acids is 2. The number of esters is 1. The lowest BCUT2D eigenvalue weighted by Gasteiger charge is -2.33. The van der Waals surface area contributed by atoms with E-state index in [0.717, 1.165) is 12.0 Å². The Bertz CT molecular complexity index is 586. The molecule has 0 aromatic heterocycles. The quantitative estimate of drug-likeness (QED) is 0.645. The van der Waals surface area contributed by atoms with Crippen LogP contribution in [-0.4, -0.2) is 24.0 Å². The van der Waals surface area contributed by atoms with Crippen molar-refractivity contribution in [3.8, 4) is 0 Å². The Kier molecular flexibility index (Phi) is 5.81. The van der Waals surface area contributed by atoms with E-state index in [1.807, 2.05) is 20.8 Å². The molecular formula is C18H28N2O3. The van der Waals surface area contributed by atoms with Crippen LogP contribution < -0.4 is 11.1 Å². The average Bonchev–Trinajstić information content (AvgIpc) is 2.35. The number of benzene rings is 1. The molecule has 0 atom stereocenters. The van der Waals surface area contributed by atoms with Gasteiger partial charge < -0.3 is 15.8 Å². The van der Waals surface area contributed by atoms with Crippen molar-refractivity contribution in [3.05, 3.63) is 29.3 Å². The number of hydrogen-bond acceptors (Lipinski definition) is 4. The lowest BCUT2D eigenvalue weighted by atomic mass is 9.82. The normalized spacial score (nSPS) is 11.9. The third-order valence-corrected chi connectivity index (χ3v) is 3.30. The standard InChI is InChI=1S/C18H28N2O3/c1-12-7-8-13(9-14(12)19)16(22)23-10-15(21)20-18(5,6)11-17(2,3)4/h7-9H,10-11,19H2,1-6H3,(H,20,21). The van der Waals surface area contributed by atoms with E-state index >= 15 is 0 Å². The van der Waals surface area contributed by atoms with Gasteiger partial charge in [-0.25, -0.2) is 4.79 Å². The van der Waals surface area contributed by atoms with E-state index < -0.39 is 5.97 Å². The van der Waals surface area contributed by atoms with Crippen molar-refractivity contribution in [3.63, 3.8) is 0 Å². The van der Waals surface area contributed by atoms with Crippen molar-refractivity contribution < 1.29 is 14.3 Å². The van der Waals surface area contributed by atoms with Gasteiger partial charge in [0, 0.05) is 11.2 Å². The lowest BCUT2D eigenvalue weighted by molar-refractivity contribution is -0.126. The molecule has 0 unspecified atom stereocenters. The summed E-state index contributed by atoms with van der Waals surface area (Å²) in [5, 5.41) is 2.90. The zero-order valence-corrected chi connectivity index (χ0v) is 14.9. The predicted octanol–water partition coefficient (Wildman–Crippen LogP) is 3.07. The molecule has 128 valence electrons. The number of amides is 1. The number of anilines is 1. The molecular weight excluding hydrogens is 292 g/mol. The minimum absolute atomic E-state index is 0.0902. The van der Waals surface area contributed by atoms with Gasteiger partial charge in [0.25, 0.3) is 5.91 Å². The summed E-state index contributed by atoms with van der Waals surface area (Å²) in [6.45, 7) is 11.8. The minimum atomic E-state index is -0.555.